The van der Waals surface area contributed by atoms with Crippen LogP contribution in [0.15, 0.2) is 24.3 Å². The largest absolute Gasteiger partial charge is 0.444 e. The third-order valence-electron chi connectivity index (χ3n) is 4.89. The molecule has 4 nitrogen and oxygen atoms in total. The quantitative estimate of drug-likeness (QED) is 0.838. The van der Waals surface area contributed by atoms with Crippen molar-refractivity contribution in [3.63, 3.8) is 0 Å². The van der Waals surface area contributed by atoms with E-state index in [-0.39, 0.29) is 12.1 Å². The van der Waals surface area contributed by atoms with Crippen LogP contribution in [0, 0.1) is 5.92 Å². The molecule has 1 amide bonds. The average Bonchev–Trinajstić information content (AvgIpc) is 2.90. The van der Waals surface area contributed by atoms with Crippen molar-refractivity contribution in [3.8, 4) is 0 Å². The summed E-state index contributed by atoms with van der Waals surface area (Å²) in [5.41, 5.74) is 3.22. The number of carbonyl (C=O) groups excluding carboxylic acids is 1. The van der Waals surface area contributed by atoms with Crippen molar-refractivity contribution in [3.05, 3.63) is 35.5 Å². The van der Waals surface area contributed by atoms with Crippen LogP contribution < -0.4 is 0 Å². The third-order valence-corrected chi connectivity index (χ3v) is 4.89. The van der Waals surface area contributed by atoms with Gasteiger partial charge in [0.05, 0.1) is 6.04 Å². The number of carbonyl (C=O) groups is 1. The molecular weight excluding hydrogens is 300 g/mol. The number of nitrogens with zero attached hydrogens (tertiary/aromatic N) is 1. The number of rotatable bonds is 2. The van der Waals surface area contributed by atoms with E-state index in [1.165, 1.54) is 16.6 Å². The molecule has 2 atom stereocenters. The molecule has 0 spiro atoms. The molecule has 24 heavy (non-hydrogen) atoms. The van der Waals surface area contributed by atoms with Crippen LogP contribution in [0.4, 0.5) is 4.79 Å². The van der Waals surface area contributed by atoms with Gasteiger partial charge in [0.25, 0.3) is 0 Å². The van der Waals surface area contributed by atoms with Crippen molar-refractivity contribution in [2.24, 2.45) is 5.92 Å². The van der Waals surface area contributed by atoms with Crippen LogP contribution in [0.1, 0.15) is 58.3 Å². The van der Waals surface area contributed by atoms with E-state index in [4.69, 9.17) is 4.74 Å². The number of H-pyrrole nitrogens is 1. The van der Waals surface area contributed by atoms with Crippen LogP contribution in [0.25, 0.3) is 10.9 Å². The SMILES string of the molecule is CCC(C)C1c2[nH]c3ccccc3c2CCN1C(=O)OC(C)(C)C. The Morgan fingerprint density at radius 3 is 2.75 bits per heavy atom. The number of aromatic amines is 1. The normalized spacial score (nSPS) is 19.2. The highest BCUT2D eigenvalue weighted by molar-refractivity contribution is 5.85. The maximum atomic E-state index is 12.8. The maximum absolute atomic E-state index is 12.8. The number of fused-ring (bicyclic) bond motifs is 3. The second-order valence-electron chi connectivity index (χ2n) is 7.82. The molecule has 2 aromatic rings. The van der Waals surface area contributed by atoms with E-state index in [1.54, 1.807) is 0 Å². The first kappa shape index (κ1) is 16.9. The molecule has 0 aliphatic carbocycles. The second kappa shape index (κ2) is 6.15. The summed E-state index contributed by atoms with van der Waals surface area (Å²) in [6.45, 7) is 10.8. The fourth-order valence-corrected chi connectivity index (χ4v) is 3.61. The Bertz CT molecular complexity index is 742. The van der Waals surface area contributed by atoms with Gasteiger partial charge in [0.2, 0.25) is 0 Å². The van der Waals surface area contributed by atoms with Gasteiger partial charge >= 0.3 is 6.09 Å². The summed E-state index contributed by atoms with van der Waals surface area (Å²) in [6, 6.07) is 8.45. The van der Waals surface area contributed by atoms with E-state index < -0.39 is 5.60 Å². The zero-order chi connectivity index (χ0) is 17.5. The number of aromatic nitrogens is 1. The molecule has 1 aromatic carbocycles. The van der Waals surface area contributed by atoms with E-state index in [1.807, 2.05) is 31.7 Å². The molecular formula is C20H28N2O2. The van der Waals surface area contributed by atoms with E-state index in [0.29, 0.717) is 12.5 Å². The standard InChI is InChI=1S/C20H28N2O2/c1-6-13(2)18-17-15(14-9-7-8-10-16(14)21-17)11-12-22(18)19(23)24-20(3,4)5/h7-10,13,18,21H,6,11-12H2,1-5H3. The van der Waals surface area contributed by atoms with Crippen LogP contribution in [0.3, 0.4) is 0 Å². The monoisotopic (exact) mass is 328 g/mol. The summed E-state index contributed by atoms with van der Waals surface area (Å²) < 4.78 is 5.66. The highest BCUT2D eigenvalue weighted by Gasteiger charge is 2.37. The van der Waals surface area contributed by atoms with E-state index >= 15 is 0 Å². The van der Waals surface area contributed by atoms with Gasteiger partial charge in [-0.25, -0.2) is 4.79 Å². The minimum absolute atomic E-state index is 0.0426. The zero-order valence-corrected chi connectivity index (χ0v) is 15.3. The number of para-hydroxylation sites is 1. The van der Waals surface area contributed by atoms with Gasteiger partial charge in [-0.1, -0.05) is 38.5 Å². The van der Waals surface area contributed by atoms with Crippen molar-refractivity contribution in [1.82, 2.24) is 9.88 Å². The van der Waals surface area contributed by atoms with Crippen LogP contribution in [-0.4, -0.2) is 28.1 Å². The molecule has 1 aliphatic heterocycles. The first-order valence-corrected chi connectivity index (χ1v) is 8.91. The summed E-state index contributed by atoms with van der Waals surface area (Å²) in [4.78, 5) is 18.3. The van der Waals surface area contributed by atoms with Gasteiger partial charge in [-0.05, 0) is 44.7 Å². The Hall–Kier alpha value is -1.97. The minimum atomic E-state index is -0.474. The molecule has 1 aliphatic rings. The summed E-state index contributed by atoms with van der Waals surface area (Å²) in [7, 11) is 0. The van der Waals surface area contributed by atoms with Gasteiger partial charge in [-0.2, -0.15) is 0 Å². The Balaban J connectivity index is 2.03. The Kier molecular flexibility index (Phi) is 4.33. The molecule has 130 valence electrons. The summed E-state index contributed by atoms with van der Waals surface area (Å²) in [6.07, 6.45) is 1.67. The van der Waals surface area contributed by atoms with Crippen molar-refractivity contribution in [1.29, 1.82) is 0 Å². The lowest BCUT2D eigenvalue weighted by molar-refractivity contribution is 0.00709. The topological polar surface area (TPSA) is 45.3 Å². The summed E-state index contributed by atoms with van der Waals surface area (Å²) in [5.74, 6) is 0.365. The number of amides is 1. The number of hydrogen-bond acceptors (Lipinski definition) is 2. The molecule has 1 N–H and O–H groups in total. The van der Waals surface area contributed by atoms with Gasteiger partial charge in [-0.3, -0.25) is 4.90 Å². The molecule has 4 heteroatoms. The van der Waals surface area contributed by atoms with Crippen molar-refractivity contribution in [2.75, 3.05) is 6.54 Å². The Morgan fingerprint density at radius 2 is 2.08 bits per heavy atom. The molecule has 0 fully saturated rings. The highest BCUT2D eigenvalue weighted by atomic mass is 16.6. The Morgan fingerprint density at radius 1 is 1.38 bits per heavy atom. The first-order chi connectivity index (χ1) is 11.3. The molecule has 2 unspecified atom stereocenters. The number of hydrogen-bond donors (Lipinski definition) is 1. The molecule has 0 saturated carbocycles. The van der Waals surface area contributed by atoms with Gasteiger partial charge < -0.3 is 9.72 Å². The van der Waals surface area contributed by atoms with Crippen molar-refractivity contribution < 1.29 is 9.53 Å². The van der Waals surface area contributed by atoms with E-state index in [9.17, 15) is 4.79 Å². The molecule has 2 heterocycles. The van der Waals surface area contributed by atoms with Gasteiger partial charge in [0.1, 0.15) is 5.60 Å². The predicted octanol–water partition coefficient (Wildman–Crippen LogP) is 5.05. The van der Waals surface area contributed by atoms with Gasteiger partial charge in [0.15, 0.2) is 0 Å². The maximum Gasteiger partial charge on any atom is 0.410 e. The molecule has 3 rings (SSSR count). The average molecular weight is 328 g/mol. The predicted molar refractivity (Wildman–Crippen MR) is 97.1 cm³/mol. The minimum Gasteiger partial charge on any atom is -0.444 e. The van der Waals surface area contributed by atoms with Crippen molar-refractivity contribution in [2.45, 2.75) is 59.1 Å². The van der Waals surface area contributed by atoms with E-state index in [0.717, 1.165) is 18.4 Å². The molecule has 0 saturated heterocycles. The zero-order valence-electron chi connectivity index (χ0n) is 15.3. The lowest BCUT2D eigenvalue weighted by atomic mass is 9.88. The molecule has 0 bridgehead atoms. The van der Waals surface area contributed by atoms with E-state index in [2.05, 4.69) is 37.0 Å². The summed E-state index contributed by atoms with van der Waals surface area (Å²) in [5, 5.41) is 1.28. The van der Waals surface area contributed by atoms with Crippen LogP contribution >= 0.6 is 0 Å². The van der Waals surface area contributed by atoms with Crippen LogP contribution in [0.2, 0.25) is 0 Å². The number of ether oxygens (including phenoxy) is 1. The number of nitrogens with one attached hydrogen (secondary N) is 1. The summed E-state index contributed by atoms with van der Waals surface area (Å²) >= 11 is 0. The molecule has 0 radical (unpaired) electrons. The second-order valence-corrected chi connectivity index (χ2v) is 7.82. The lowest BCUT2D eigenvalue weighted by Gasteiger charge is -2.39. The Labute approximate surface area is 144 Å². The van der Waals surface area contributed by atoms with Gasteiger partial charge in [-0.15, -0.1) is 0 Å². The number of benzene rings is 1. The lowest BCUT2D eigenvalue weighted by Crippen LogP contribution is -2.45. The van der Waals surface area contributed by atoms with Gasteiger partial charge in [0, 0.05) is 23.1 Å². The van der Waals surface area contributed by atoms with Crippen molar-refractivity contribution >= 4 is 17.0 Å². The fourth-order valence-electron chi connectivity index (χ4n) is 3.61. The smallest absolute Gasteiger partial charge is 0.410 e. The molecule has 1 aromatic heterocycles. The third kappa shape index (κ3) is 3.02. The van der Waals surface area contributed by atoms with Crippen LogP contribution in [-0.2, 0) is 11.2 Å². The van der Waals surface area contributed by atoms with Crippen LogP contribution in [0.5, 0.6) is 0 Å². The first-order valence-electron chi connectivity index (χ1n) is 8.91. The highest BCUT2D eigenvalue weighted by Crippen LogP contribution is 2.40. The fraction of sp³-hybridized carbons (Fsp3) is 0.550.